The molecule has 0 bridgehead atoms. The Morgan fingerprint density at radius 1 is 1.17 bits per heavy atom. The molecular formula is C22H30N4O3. The molecule has 1 aromatic rings. The van der Waals surface area contributed by atoms with Gasteiger partial charge in [0.25, 0.3) is 0 Å². The molecule has 3 fully saturated rings. The van der Waals surface area contributed by atoms with E-state index in [1.807, 2.05) is 17.0 Å². The van der Waals surface area contributed by atoms with E-state index < -0.39 is 0 Å². The predicted molar refractivity (Wildman–Crippen MR) is 107 cm³/mol. The molecular weight excluding hydrogens is 368 g/mol. The average molecular weight is 399 g/mol. The zero-order valence-corrected chi connectivity index (χ0v) is 16.9. The van der Waals surface area contributed by atoms with Crippen molar-refractivity contribution >= 4 is 17.7 Å². The number of carbonyl (C=O) groups is 3. The number of amides is 3. The van der Waals surface area contributed by atoms with Crippen LogP contribution in [0.25, 0.3) is 0 Å². The van der Waals surface area contributed by atoms with Gasteiger partial charge in [0.2, 0.25) is 17.7 Å². The molecule has 7 heteroatoms. The number of rotatable bonds is 7. The maximum Gasteiger partial charge on any atom is 0.227 e. The summed E-state index contributed by atoms with van der Waals surface area (Å²) in [4.78, 5) is 44.9. The average Bonchev–Trinajstić information content (AvgIpc) is 3.48. The van der Waals surface area contributed by atoms with E-state index in [-0.39, 0.29) is 23.6 Å². The molecule has 1 saturated carbocycles. The van der Waals surface area contributed by atoms with Crippen LogP contribution >= 0.6 is 0 Å². The quantitative estimate of drug-likeness (QED) is 0.758. The first-order valence-electron chi connectivity index (χ1n) is 10.8. The summed E-state index contributed by atoms with van der Waals surface area (Å²) in [6, 6.07) is 4.23. The smallest absolute Gasteiger partial charge is 0.227 e. The van der Waals surface area contributed by atoms with Crippen LogP contribution in [-0.4, -0.2) is 58.2 Å². The maximum atomic E-state index is 12.9. The number of piperidine rings is 1. The first kappa shape index (κ1) is 19.9. The highest BCUT2D eigenvalue weighted by atomic mass is 16.2. The molecule has 1 unspecified atom stereocenters. The van der Waals surface area contributed by atoms with Crippen LogP contribution in [0.4, 0.5) is 0 Å². The topological polar surface area (TPSA) is 82.6 Å². The Balaban J connectivity index is 1.20. The molecule has 0 spiro atoms. The molecule has 2 aliphatic heterocycles. The molecule has 2 saturated heterocycles. The lowest BCUT2D eigenvalue weighted by Gasteiger charge is -2.33. The molecule has 29 heavy (non-hydrogen) atoms. The highest BCUT2D eigenvalue weighted by molar-refractivity contribution is 5.89. The van der Waals surface area contributed by atoms with Crippen LogP contribution in [-0.2, 0) is 20.9 Å². The van der Waals surface area contributed by atoms with E-state index >= 15 is 0 Å². The van der Waals surface area contributed by atoms with Crippen molar-refractivity contribution in [2.75, 3.05) is 19.6 Å². The maximum absolute atomic E-state index is 12.9. The minimum Gasteiger partial charge on any atom is -0.353 e. The second-order valence-electron chi connectivity index (χ2n) is 8.69. The van der Waals surface area contributed by atoms with Gasteiger partial charge in [0.05, 0.1) is 5.92 Å². The number of hydrogen-bond acceptors (Lipinski definition) is 4. The van der Waals surface area contributed by atoms with Gasteiger partial charge in [-0.3, -0.25) is 19.4 Å². The molecule has 4 rings (SSSR count). The summed E-state index contributed by atoms with van der Waals surface area (Å²) in [5.41, 5.74) is 0.987. The Labute approximate surface area is 171 Å². The van der Waals surface area contributed by atoms with Gasteiger partial charge in [0.1, 0.15) is 0 Å². The number of aromatic nitrogens is 1. The molecule has 7 nitrogen and oxygen atoms in total. The van der Waals surface area contributed by atoms with Gasteiger partial charge in [-0.25, -0.2) is 0 Å². The van der Waals surface area contributed by atoms with Gasteiger partial charge in [-0.2, -0.15) is 0 Å². The molecule has 0 radical (unpaired) electrons. The summed E-state index contributed by atoms with van der Waals surface area (Å²) < 4.78 is 0. The Hall–Kier alpha value is -2.44. The zero-order chi connectivity index (χ0) is 20.2. The molecule has 1 aliphatic carbocycles. The van der Waals surface area contributed by atoms with Crippen LogP contribution in [0, 0.1) is 11.8 Å². The van der Waals surface area contributed by atoms with Crippen LogP contribution < -0.4 is 5.32 Å². The monoisotopic (exact) mass is 398 g/mol. The van der Waals surface area contributed by atoms with E-state index in [1.54, 1.807) is 17.3 Å². The van der Waals surface area contributed by atoms with Crippen molar-refractivity contribution in [2.45, 2.75) is 57.5 Å². The van der Waals surface area contributed by atoms with E-state index in [4.69, 9.17) is 0 Å². The number of likely N-dealkylation sites (tertiary alicyclic amines) is 2. The van der Waals surface area contributed by atoms with E-state index in [0.29, 0.717) is 37.9 Å². The molecule has 1 N–H and O–H groups in total. The lowest BCUT2D eigenvalue weighted by molar-refractivity contribution is -0.137. The number of nitrogens with one attached hydrogen (secondary N) is 1. The van der Waals surface area contributed by atoms with E-state index in [0.717, 1.165) is 50.8 Å². The zero-order valence-electron chi connectivity index (χ0n) is 16.9. The number of nitrogens with zero attached hydrogens (tertiary/aromatic N) is 3. The van der Waals surface area contributed by atoms with Gasteiger partial charge in [-0.05, 0) is 49.7 Å². The molecule has 1 atom stereocenters. The van der Waals surface area contributed by atoms with Crippen LogP contribution in [0.1, 0.15) is 50.5 Å². The Morgan fingerprint density at radius 3 is 2.66 bits per heavy atom. The van der Waals surface area contributed by atoms with E-state index in [2.05, 4.69) is 10.3 Å². The largest absolute Gasteiger partial charge is 0.353 e. The van der Waals surface area contributed by atoms with Gasteiger partial charge < -0.3 is 15.1 Å². The number of carbonyl (C=O) groups excluding carboxylic acids is 3. The SMILES string of the molecule is O=C(CCC1CCN(C(=O)C2CC(=O)N(Cc3cccnc3)C2)CC1)NC1CC1. The first-order chi connectivity index (χ1) is 14.1. The van der Waals surface area contributed by atoms with Crippen LogP contribution in [0.3, 0.4) is 0 Å². The van der Waals surface area contributed by atoms with Crippen molar-refractivity contribution in [1.29, 1.82) is 0 Å². The van der Waals surface area contributed by atoms with Gasteiger partial charge in [0.15, 0.2) is 0 Å². The summed E-state index contributed by atoms with van der Waals surface area (Å²) in [5, 5.41) is 3.04. The Morgan fingerprint density at radius 2 is 1.97 bits per heavy atom. The normalized spacial score (nSPS) is 22.8. The van der Waals surface area contributed by atoms with E-state index in [9.17, 15) is 14.4 Å². The molecule has 1 aromatic heterocycles. The number of hydrogen-bond donors (Lipinski definition) is 1. The third-order valence-corrected chi connectivity index (χ3v) is 6.31. The van der Waals surface area contributed by atoms with Crippen molar-refractivity contribution < 1.29 is 14.4 Å². The molecule has 156 valence electrons. The van der Waals surface area contributed by atoms with Crippen molar-refractivity contribution in [3.05, 3.63) is 30.1 Å². The van der Waals surface area contributed by atoms with Gasteiger partial charge in [-0.15, -0.1) is 0 Å². The van der Waals surface area contributed by atoms with E-state index in [1.165, 1.54) is 0 Å². The van der Waals surface area contributed by atoms with Crippen molar-refractivity contribution in [3.8, 4) is 0 Å². The predicted octanol–water partition coefficient (Wildman–Crippen LogP) is 1.73. The molecule has 3 aliphatic rings. The fourth-order valence-corrected chi connectivity index (χ4v) is 4.37. The van der Waals surface area contributed by atoms with Crippen molar-refractivity contribution in [3.63, 3.8) is 0 Å². The molecule has 0 aromatic carbocycles. The Bertz CT molecular complexity index is 742. The lowest BCUT2D eigenvalue weighted by atomic mass is 9.91. The molecule has 3 amide bonds. The highest BCUT2D eigenvalue weighted by Gasteiger charge is 2.37. The first-order valence-corrected chi connectivity index (χ1v) is 10.8. The van der Waals surface area contributed by atoms with Crippen molar-refractivity contribution in [2.24, 2.45) is 11.8 Å². The second-order valence-corrected chi connectivity index (χ2v) is 8.69. The third-order valence-electron chi connectivity index (χ3n) is 6.31. The summed E-state index contributed by atoms with van der Waals surface area (Å²) in [5.74, 6) is 0.598. The summed E-state index contributed by atoms with van der Waals surface area (Å²) in [6.07, 6.45) is 9.41. The molecule has 3 heterocycles. The Kier molecular flexibility index (Phi) is 6.11. The van der Waals surface area contributed by atoms with Gasteiger partial charge in [0, 0.05) is 57.5 Å². The lowest BCUT2D eigenvalue weighted by Crippen LogP contribution is -2.42. The second kappa shape index (κ2) is 8.93. The minimum atomic E-state index is -0.236. The van der Waals surface area contributed by atoms with Crippen LogP contribution in [0.15, 0.2) is 24.5 Å². The summed E-state index contributed by atoms with van der Waals surface area (Å²) in [7, 11) is 0. The minimum absolute atomic E-state index is 0.0452. The summed E-state index contributed by atoms with van der Waals surface area (Å²) in [6.45, 7) is 2.48. The van der Waals surface area contributed by atoms with Crippen molar-refractivity contribution in [1.82, 2.24) is 20.1 Å². The summed E-state index contributed by atoms with van der Waals surface area (Å²) >= 11 is 0. The van der Waals surface area contributed by atoms with Crippen LogP contribution in [0.2, 0.25) is 0 Å². The van der Waals surface area contributed by atoms with Gasteiger partial charge >= 0.3 is 0 Å². The third kappa shape index (κ3) is 5.34. The van der Waals surface area contributed by atoms with Crippen LogP contribution in [0.5, 0.6) is 0 Å². The fraction of sp³-hybridized carbons (Fsp3) is 0.636. The number of pyridine rings is 1. The highest BCUT2D eigenvalue weighted by Crippen LogP contribution is 2.27. The standard InChI is InChI=1S/C22H30N4O3/c27-20(24-19-4-5-19)6-3-16-7-10-25(11-8-16)22(29)18-12-21(28)26(15-18)14-17-2-1-9-23-13-17/h1-2,9,13,16,18-19H,3-8,10-12,14-15H2,(H,24,27). The fourth-order valence-electron chi connectivity index (χ4n) is 4.37. The van der Waals surface area contributed by atoms with Gasteiger partial charge in [-0.1, -0.05) is 6.07 Å².